The third-order valence-electron chi connectivity index (χ3n) is 3.29. The third kappa shape index (κ3) is 3.47. The van der Waals surface area contributed by atoms with Gasteiger partial charge in [0, 0.05) is 37.0 Å². The largest absolute Gasteiger partial charge is 0.377 e. The van der Waals surface area contributed by atoms with Gasteiger partial charge < -0.3 is 9.88 Å². The van der Waals surface area contributed by atoms with Crippen molar-refractivity contribution < 1.29 is 4.92 Å². The molecule has 0 saturated carbocycles. The average molecular weight is 287 g/mol. The van der Waals surface area contributed by atoms with Crippen LogP contribution in [-0.2, 0) is 6.54 Å². The number of nitrogens with zero attached hydrogens (tertiary/aromatic N) is 2. The molecule has 6 nitrogen and oxygen atoms in total. The van der Waals surface area contributed by atoms with Gasteiger partial charge >= 0.3 is 0 Å². The maximum absolute atomic E-state index is 11.5. The van der Waals surface area contributed by atoms with Crippen LogP contribution in [0.5, 0.6) is 0 Å². The first-order valence-electron chi connectivity index (χ1n) is 6.72. The van der Waals surface area contributed by atoms with E-state index in [1.165, 1.54) is 12.1 Å². The summed E-state index contributed by atoms with van der Waals surface area (Å²) >= 11 is 0. The fraction of sp³-hybridized carbons (Fsp3) is 0.267. The Hall–Kier alpha value is -2.63. The first-order chi connectivity index (χ1) is 10.0. The van der Waals surface area contributed by atoms with Crippen LogP contribution in [0.1, 0.15) is 25.5 Å². The minimum atomic E-state index is -0.409. The molecule has 2 rings (SSSR count). The molecule has 1 N–H and O–H groups in total. The highest BCUT2D eigenvalue weighted by molar-refractivity contribution is 5.45. The van der Waals surface area contributed by atoms with Crippen LogP contribution in [0.25, 0.3) is 0 Å². The van der Waals surface area contributed by atoms with E-state index in [0.717, 1.165) is 11.3 Å². The van der Waals surface area contributed by atoms with Gasteiger partial charge in [-0.15, -0.1) is 0 Å². The summed E-state index contributed by atoms with van der Waals surface area (Å²) in [6, 6.07) is 9.63. The van der Waals surface area contributed by atoms with Crippen molar-refractivity contribution in [3.8, 4) is 0 Å². The van der Waals surface area contributed by atoms with Crippen molar-refractivity contribution in [3.63, 3.8) is 0 Å². The molecule has 1 aromatic heterocycles. The van der Waals surface area contributed by atoms with E-state index in [1.54, 1.807) is 29.0 Å². The monoisotopic (exact) mass is 287 g/mol. The molecule has 0 aliphatic carbocycles. The molecule has 1 atom stereocenters. The van der Waals surface area contributed by atoms with Crippen molar-refractivity contribution in [2.45, 2.75) is 26.4 Å². The second-order valence-electron chi connectivity index (χ2n) is 4.76. The van der Waals surface area contributed by atoms with Crippen molar-refractivity contribution >= 4 is 11.4 Å². The number of benzene rings is 1. The number of anilines is 1. The summed E-state index contributed by atoms with van der Waals surface area (Å²) in [5.41, 5.74) is 1.64. The van der Waals surface area contributed by atoms with E-state index in [9.17, 15) is 14.9 Å². The number of rotatable bonds is 5. The molecule has 0 bridgehead atoms. The Kier molecular flexibility index (Phi) is 4.37. The van der Waals surface area contributed by atoms with Gasteiger partial charge in [-0.1, -0.05) is 12.1 Å². The summed E-state index contributed by atoms with van der Waals surface area (Å²) in [6.45, 7) is 4.41. The van der Waals surface area contributed by atoms with E-state index in [4.69, 9.17) is 0 Å². The fourth-order valence-corrected chi connectivity index (χ4v) is 2.10. The maximum atomic E-state index is 11.5. The molecule has 1 aromatic carbocycles. The van der Waals surface area contributed by atoms with Gasteiger partial charge in [-0.25, -0.2) is 0 Å². The predicted molar refractivity (Wildman–Crippen MR) is 81.5 cm³/mol. The second-order valence-corrected chi connectivity index (χ2v) is 4.76. The molecular weight excluding hydrogens is 270 g/mol. The lowest BCUT2D eigenvalue weighted by Gasteiger charge is -2.16. The van der Waals surface area contributed by atoms with E-state index >= 15 is 0 Å². The van der Waals surface area contributed by atoms with Crippen LogP contribution in [0.2, 0.25) is 0 Å². The zero-order chi connectivity index (χ0) is 15.4. The number of aromatic nitrogens is 1. The van der Waals surface area contributed by atoms with Crippen LogP contribution < -0.4 is 10.9 Å². The van der Waals surface area contributed by atoms with Crippen LogP contribution in [0, 0.1) is 10.1 Å². The molecule has 0 spiro atoms. The highest BCUT2D eigenvalue weighted by Gasteiger charge is 2.11. The van der Waals surface area contributed by atoms with E-state index in [0.29, 0.717) is 6.54 Å². The predicted octanol–water partition coefficient (Wildman–Crippen LogP) is 2.95. The van der Waals surface area contributed by atoms with Gasteiger partial charge in [0.2, 0.25) is 0 Å². The van der Waals surface area contributed by atoms with E-state index in [2.05, 4.69) is 5.32 Å². The number of pyridine rings is 1. The molecule has 1 unspecified atom stereocenters. The number of nitro groups is 1. The lowest BCUT2D eigenvalue weighted by Crippen LogP contribution is -2.18. The number of nitrogens with one attached hydrogen (secondary N) is 1. The quantitative estimate of drug-likeness (QED) is 0.677. The molecular formula is C15H17N3O3. The second kappa shape index (κ2) is 6.21. The van der Waals surface area contributed by atoms with Crippen LogP contribution in [0.15, 0.2) is 47.4 Å². The van der Waals surface area contributed by atoms with Crippen LogP contribution in [0.4, 0.5) is 11.4 Å². The van der Waals surface area contributed by atoms with Gasteiger partial charge in [0.1, 0.15) is 0 Å². The van der Waals surface area contributed by atoms with Gasteiger partial charge in [-0.2, -0.15) is 0 Å². The minimum Gasteiger partial charge on any atom is -0.377 e. The molecule has 0 fully saturated rings. The third-order valence-corrected chi connectivity index (χ3v) is 3.29. The van der Waals surface area contributed by atoms with Gasteiger partial charge in [0.05, 0.1) is 10.6 Å². The Morgan fingerprint density at radius 3 is 2.76 bits per heavy atom. The molecule has 0 amide bonds. The zero-order valence-corrected chi connectivity index (χ0v) is 11.9. The first-order valence-corrected chi connectivity index (χ1v) is 6.72. The molecule has 0 aliphatic heterocycles. The summed E-state index contributed by atoms with van der Waals surface area (Å²) < 4.78 is 1.60. The van der Waals surface area contributed by atoms with Gasteiger partial charge in [0.25, 0.3) is 11.2 Å². The molecule has 2 aromatic rings. The smallest absolute Gasteiger partial charge is 0.269 e. The number of non-ortho nitro benzene ring substituents is 1. The summed E-state index contributed by atoms with van der Waals surface area (Å²) in [5.74, 6) is 0. The Balaban J connectivity index is 2.21. The summed E-state index contributed by atoms with van der Waals surface area (Å²) in [5, 5.41) is 14.0. The van der Waals surface area contributed by atoms with E-state index < -0.39 is 4.92 Å². The van der Waals surface area contributed by atoms with Gasteiger partial charge in [-0.05, 0) is 25.5 Å². The lowest BCUT2D eigenvalue weighted by molar-refractivity contribution is -0.384. The van der Waals surface area contributed by atoms with E-state index in [-0.39, 0.29) is 17.3 Å². The number of nitro benzene ring substituents is 1. The molecule has 21 heavy (non-hydrogen) atoms. The number of hydrogen-bond donors (Lipinski definition) is 1. The van der Waals surface area contributed by atoms with Crippen molar-refractivity contribution in [1.29, 1.82) is 0 Å². The van der Waals surface area contributed by atoms with E-state index in [1.807, 2.05) is 19.9 Å². The van der Waals surface area contributed by atoms with Crippen molar-refractivity contribution in [3.05, 3.63) is 68.6 Å². The maximum Gasteiger partial charge on any atom is 0.269 e. The van der Waals surface area contributed by atoms with Crippen molar-refractivity contribution in [1.82, 2.24) is 4.57 Å². The first kappa shape index (κ1) is 14.8. The minimum absolute atomic E-state index is 0.0500. The highest BCUT2D eigenvalue weighted by Crippen LogP contribution is 2.22. The SMILES string of the molecule is CCn1cc(NC(C)c2cccc([N+](=O)[O-])c2)ccc1=O. The van der Waals surface area contributed by atoms with Crippen LogP contribution >= 0.6 is 0 Å². The number of hydrogen-bond acceptors (Lipinski definition) is 4. The summed E-state index contributed by atoms with van der Waals surface area (Å²) in [6.07, 6.45) is 1.75. The van der Waals surface area contributed by atoms with Crippen LogP contribution in [-0.4, -0.2) is 9.49 Å². The van der Waals surface area contributed by atoms with Crippen LogP contribution in [0.3, 0.4) is 0 Å². The summed E-state index contributed by atoms with van der Waals surface area (Å²) in [7, 11) is 0. The number of aryl methyl sites for hydroxylation is 1. The molecule has 6 heteroatoms. The molecule has 1 heterocycles. The van der Waals surface area contributed by atoms with Crippen molar-refractivity contribution in [2.24, 2.45) is 0 Å². The molecule has 0 aliphatic rings. The Morgan fingerprint density at radius 1 is 1.33 bits per heavy atom. The van der Waals surface area contributed by atoms with Gasteiger partial charge in [0.15, 0.2) is 0 Å². The molecule has 0 radical (unpaired) electrons. The fourth-order valence-electron chi connectivity index (χ4n) is 2.10. The highest BCUT2D eigenvalue weighted by atomic mass is 16.6. The topological polar surface area (TPSA) is 77.2 Å². The Morgan fingerprint density at radius 2 is 2.10 bits per heavy atom. The molecule has 110 valence electrons. The summed E-state index contributed by atoms with van der Waals surface area (Å²) in [4.78, 5) is 21.9. The van der Waals surface area contributed by atoms with Crippen molar-refractivity contribution in [2.75, 3.05) is 5.32 Å². The average Bonchev–Trinajstić information content (AvgIpc) is 2.49. The van der Waals surface area contributed by atoms with Gasteiger partial charge in [-0.3, -0.25) is 14.9 Å². The standard InChI is InChI=1S/C15H17N3O3/c1-3-17-10-13(7-8-15(17)19)16-11(2)12-5-4-6-14(9-12)18(20)21/h4-11,16H,3H2,1-2H3. The lowest BCUT2D eigenvalue weighted by atomic mass is 10.1. The Bertz CT molecular complexity index is 709. The zero-order valence-electron chi connectivity index (χ0n) is 11.9. The molecule has 0 saturated heterocycles. The normalized spacial score (nSPS) is 11.9. The Labute approximate surface area is 122 Å².